The quantitative estimate of drug-likeness (QED) is 0.580. The van der Waals surface area contributed by atoms with Gasteiger partial charge in [0, 0.05) is 37.6 Å². The molecule has 7 heteroatoms. The second-order valence-corrected chi connectivity index (χ2v) is 9.46. The van der Waals surface area contributed by atoms with Crippen LogP contribution in [-0.2, 0) is 14.8 Å². The molecule has 1 saturated heterocycles. The minimum atomic E-state index is -3.60. The number of nitrogens with zero attached hydrogens (tertiary/aromatic N) is 2. The van der Waals surface area contributed by atoms with Gasteiger partial charge < -0.3 is 10.2 Å². The van der Waals surface area contributed by atoms with E-state index in [0.29, 0.717) is 31.9 Å². The Labute approximate surface area is 188 Å². The fourth-order valence-corrected chi connectivity index (χ4v) is 5.17. The number of anilines is 2. The largest absolute Gasteiger partial charge is 0.369 e. The fraction of sp³-hybridized carbons (Fsp3) is 0.160. The van der Waals surface area contributed by atoms with Crippen molar-refractivity contribution in [3.8, 4) is 11.1 Å². The monoisotopic (exact) mass is 447 g/mol. The van der Waals surface area contributed by atoms with E-state index in [0.717, 1.165) is 16.8 Å². The lowest BCUT2D eigenvalue weighted by atomic mass is 10.0. The number of nitrogens with one attached hydrogen (secondary N) is 1. The summed E-state index contributed by atoms with van der Waals surface area (Å²) >= 11 is 0. The summed E-state index contributed by atoms with van der Waals surface area (Å²) < 4.78 is 27.6. The molecule has 1 aliphatic rings. The number of amides is 1. The van der Waals surface area contributed by atoms with Gasteiger partial charge in [-0.05, 0) is 53.6 Å². The number of hydrogen-bond acceptors (Lipinski definition) is 4. The van der Waals surface area contributed by atoms with Crippen molar-refractivity contribution in [1.82, 2.24) is 4.31 Å². The van der Waals surface area contributed by atoms with Gasteiger partial charge in [-0.3, -0.25) is 4.79 Å². The molecule has 0 radical (unpaired) electrons. The second-order valence-electron chi connectivity index (χ2n) is 7.53. The molecule has 0 spiro atoms. The molecule has 164 valence electrons. The third kappa shape index (κ3) is 4.74. The molecule has 32 heavy (non-hydrogen) atoms. The number of carbonyl (C=O) groups is 1. The van der Waals surface area contributed by atoms with Crippen molar-refractivity contribution in [3.63, 3.8) is 0 Å². The Bertz CT molecular complexity index is 1200. The fourth-order valence-electron chi connectivity index (χ4n) is 3.75. The van der Waals surface area contributed by atoms with E-state index in [1.807, 2.05) is 24.3 Å². The van der Waals surface area contributed by atoms with Crippen LogP contribution in [0, 0.1) is 0 Å². The maximum atomic E-state index is 13.1. The summed E-state index contributed by atoms with van der Waals surface area (Å²) in [5.74, 6) is -0.340. The molecule has 1 amide bonds. The van der Waals surface area contributed by atoms with Gasteiger partial charge in [-0.1, -0.05) is 49.0 Å². The Morgan fingerprint density at radius 2 is 1.50 bits per heavy atom. The minimum absolute atomic E-state index is 0.216. The molecule has 1 fully saturated rings. The standard InChI is InChI=1S/C25H25N3O3S/c1-2-25(29)26-22-11-13-24(14-12-22)32(30,31)28-17-15-27(16-18-28)23-10-6-9-21(19-23)20-7-4-3-5-8-20/h2-14,19H,1,15-18H2,(H,26,29). The Kier molecular flexibility index (Phi) is 6.39. The molecule has 6 nitrogen and oxygen atoms in total. The maximum absolute atomic E-state index is 13.1. The summed E-state index contributed by atoms with van der Waals surface area (Å²) in [6, 6.07) is 24.7. The van der Waals surface area contributed by atoms with Crippen LogP contribution in [0.4, 0.5) is 11.4 Å². The molecule has 1 heterocycles. The zero-order valence-electron chi connectivity index (χ0n) is 17.6. The molecule has 0 bridgehead atoms. The number of rotatable bonds is 6. The van der Waals surface area contributed by atoms with Crippen LogP contribution in [0.25, 0.3) is 11.1 Å². The molecular formula is C25H25N3O3S. The van der Waals surface area contributed by atoms with E-state index < -0.39 is 10.0 Å². The highest BCUT2D eigenvalue weighted by Gasteiger charge is 2.28. The lowest BCUT2D eigenvalue weighted by Crippen LogP contribution is -2.48. The van der Waals surface area contributed by atoms with Gasteiger partial charge in [0.1, 0.15) is 0 Å². The highest BCUT2D eigenvalue weighted by Crippen LogP contribution is 2.26. The summed E-state index contributed by atoms with van der Waals surface area (Å²) in [7, 11) is -3.60. The highest BCUT2D eigenvalue weighted by molar-refractivity contribution is 7.89. The Balaban J connectivity index is 1.43. The van der Waals surface area contributed by atoms with E-state index in [-0.39, 0.29) is 10.8 Å². The van der Waals surface area contributed by atoms with Crippen molar-refractivity contribution in [3.05, 3.63) is 91.5 Å². The predicted molar refractivity (Wildman–Crippen MR) is 128 cm³/mol. The molecule has 0 aliphatic carbocycles. The summed E-state index contributed by atoms with van der Waals surface area (Å²) in [5.41, 5.74) is 3.91. The molecule has 0 unspecified atom stereocenters. The Morgan fingerprint density at radius 1 is 0.844 bits per heavy atom. The summed E-state index contributed by atoms with van der Waals surface area (Å²) in [6.07, 6.45) is 1.17. The molecule has 0 aromatic heterocycles. The van der Waals surface area contributed by atoms with Gasteiger partial charge in [0.05, 0.1) is 4.90 Å². The van der Waals surface area contributed by atoms with Crippen LogP contribution < -0.4 is 10.2 Å². The lowest BCUT2D eigenvalue weighted by molar-refractivity contribution is -0.111. The lowest BCUT2D eigenvalue weighted by Gasteiger charge is -2.35. The van der Waals surface area contributed by atoms with Crippen molar-refractivity contribution < 1.29 is 13.2 Å². The Hall–Kier alpha value is -3.42. The van der Waals surface area contributed by atoms with E-state index >= 15 is 0 Å². The minimum Gasteiger partial charge on any atom is -0.369 e. The summed E-state index contributed by atoms with van der Waals surface area (Å²) in [5, 5.41) is 2.62. The van der Waals surface area contributed by atoms with Crippen molar-refractivity contribution in [1.29, 1.82) is 0 Å². The zero-order valence-corrected chi connectivity index (χ0v) is 18.5. The average molecular weight is 448 g/mol. The van der Waals surface area contributed by atoms with Crippen LogP contribution in [0.15, 0.2) is 96.4 Å². The number of benzene rings is 3. The van der Waals surface area contributed by atoms with Gasteiger partial charge in [-0.15, -0.1) is 0 Å². The third-order valence-electron chi connectivity index (χ3n) is 5.50. The first-order valence-corrected chi connectivity index (χ1v) is 11.9. The molecule has 1 aliphatic heterocycles. The molecule has 4 rings (SSSR count). The van der Waals surface area contributed by atoms with Crippen molar-refractivity contribution in [2.75, 3.05) is 36.4 Å². The normalized spacial score (nSPS) is 14.7. The first kappa shape index (κ1) is 21.8. The predicted octanol–water partition coefficient (Wildman–Crippen LogP) is 3.99. The number of hydrogen-bond donors (Lipinski definition) is 1. The van der Waals surface area contributed by atoms with Crippen LogP contribution in [-0.4, -0.2) is 44.8 Å². The molecule has 1 N–H and O–H groups in total. The van der Waals surface area contributed by atoms with Crippen LogP contribution in [0.1, 0.15) is 0 Å². The van der Waals surface area contributed by atoms with Gasteiger partial charge in [-0.2, -0.15) is 4.31 Å². The zero-order chi connectivity index (χ0) is 22.6. The highest BCUT2D eigenvalue weighted by atomic mass is 32.2. The van der Waals surface area contributed by atoms with Crippen LogP contribution in [0.5, 0.6) is 0 Å². The van der Waals surface area contributed by atoms with Gasteiger partial charge >= 0.3 is 0 Å². The molecule has 0 saturated carbocycles. The van der Waals surface area contributed by atoms with E-state index in [2.05, 4.69) is 47.1 Å². The van der Waals surface area contributed by atoms with Crippen molar-refractivity contribution >= 4 is 27.3 Å². The van der Waals surface area contributed by atoms with E-state index in [1.54, 1.807) is 12.1 Å². The van der Waals surface area contributed by atoms with E-state index in [4.69, 9.17) is 0 Å². The number of carbonyl (C=O) groups excluding carboxylic acids is 1. The SMILES string of the molecule is C=CC(=O)Nc1ccc(S(=O)(=O)N2CCN(c3cccc(-c4ccccc4)c3)CC2)cc1. The molecular weight excluding hydrogens is 422 g/mol. The molecule has 3 aromatic carbocycles. The number of piperazine rings is 1. The van der Waals surface area contributed by atoms with Gasteiger partial charge in [0.2, 0.25) is 15.9 Å². The van der Waals surface area contributed by atoms with Crippen LogP contribution in [0.3, 0.4) is 0 Å². The van der Waals surface area contributed by atoms with E-state index in [1.165, 1.54) is 22.5 Å². The summed E-state index contributed by atoms with van der Waals surface area (Å²) in [4.78, 5) is 13.8. The third-order valence-corrected chi connectivity index (χ3v) is 7.41. The summed E-state index contributed by atoms with van der Waals surface area (Å²) in [6.45, 7) is 5.46. The number of sulfonamides is 1. The van der Waals surface area contributed by atoms with Gasteiger partial charge in [0.25, 0.3) is 0 Å². The topological polar surface area (TPSA) is 69.7 Å². The second kappa shape index (κ2) is 9.38. The Morgan fingerprint density at radius 3 is 2.16 bits per heavy atom. The van der Waals surface area contributed by atoms with Crippen molar-refractivity contribution in [2.24, 2.45) is 0 Å². The maximum Gasteiger partial charge on any atom is 0.247 e. The van der Waals surface area contributed by atoms with Crippen LogP contribution >= 0.6 is 0 Å². The van der Waals surface area contributed by atoms with E-state index in [9.17, 15) is 13.2 Å². The molecule has 0 atom stereocenters. The molecule has 3 aromatic rings. The van der Waals surface area contributed by atoms with Crippen molar-refractivity contribution in [2.45, 2.75) is 4.90 Å². The first-order chi connectivity index (χ1) is 15.5. The smallest absolute Gasteiger partial charge is 0.247 e. The van der Waals surface area contributed by atoms with Gasteiger partial charge in [-0.25, -0.2) is 8.42 Å². The average Bonchev–Trinajstić information content (AvgIpc) is 2.85. The van der Waals surface area contributed by atoms with Gasteiger partial charge in [0.15, 0.2) is 0 Å². The van der Waals surface area contributed by atoms with Crippen LogP contribution in [0.2, 0.25) is 0 Å². The first-order valence-electron chi connectivity index (χ1n) is 10.4.